The minimum atomic E-state index is -0.905. The van der Waals surface area contributed by atoms with Gasteiger partial charge in [0.1, 0.15) is 6.10 Å². The van der Waals surface area contributed by atoms with Crippen LogP contribution in [0, 0.1) is 0 Å². The molecule has 1 fully saturated rings. The maximum atomic E-state index is 10.7. The number of aliphatic hydroxyl groups excluding tert-OH is 1. The van der Waals surface area contributed by atoms with Gasteiger partial charge in [0, 0.05) is 12.7 Å². The van der Waals surface area contributed by atoms with Crippen molar-refractivity contribution in [1.29, 1.82) is 0 Å². The second kappa shape index (κ2) is 2.40. The Balaban J connectivity index is 2.71. The molecule has 1 aliphatic rings. The van der Waals surface area contributed by atoms with Gasteiger partial charge >= 0.3 is 0 Å². The van der Waals surface area contributed by atoms with Crippen molar-refractivity contribution in [3.63, 3.8) is 0 Å². The lowest BCUT2D eigenvalue weighted by Crippen LogP contribution is -2.33. The lowest BCUT2D eigenvalue weighted by atomic mass is 10.2. The Morgan fingerprint density at radius 1 is 1.80 bits per heavy atom. The van der Waals surface area contributed by atoms with Crippen molar-refractivity contribution in [2.45, 2.75) is 12.3 Å². The van der Waals surface area contributed by atoms with Gasteiger partial charge in [0.25, 0.3) is 5.91 Å². The number of carbonyl (C=O) groups is 1. The molecule has 0 aromatic heterocycles. The number of amides is 1. The lowest BCUT2D eigenvalue weighted by Gasteiger charge is -2.10. The summed E-state index contributed by atoms with van der Waals surface area (Å²) in [6.45, 7) is 3.37. The minimum Gasteiger partial charge on any atom is -0.383 e. The minimum absolute atomic E-state index is 0.159. The average Bonchev–Trinajstić information content (AvgIpc) is 2.17. The molecule has 4 heteroatoms. The van der Waals surface area contributed by atoms with Crippen LogP contribution in [0.4, 0.5) is 0 Å². The Hall–Kier alpha value is -0.870. The molecule has 56 valence electrons. The van der Waals surface area contributed by atoms with Gasteiger partial charge in [0.05, 0.1) is 0 Å². The van der Waals surface area contributed by atoms with Crippen molar-refractivity contribution in [1.82, 2.24) is 5.32 Å². The first-order valence-corrected chi connectivity index (χ1v) is 2.87. The Labute approximate surface area is 58.5 Å². The second-order valence-electron chi connectivity index (χ2n) is 2.10. The molecule has 1 saturated heterocycles. The summed E-state index contributed by atoms with van der Waals surface area (Å²) in [4.78, 5) is 10.7. The highest BCUT2D eigenvalue weighted by Crippen LogP contribution is 2.12. The highest BCUT2D eigenvalue weighted by atomic mass is 16.5. The molecule has 1 aliphatic heterocycles. The van der Waals surface area contributed by atoms with Crippen LogP contribution in [-0.4, -0.2) is 30.5 Å². The Bertz CT molecular complexity index is 178. The fourth-order valence-electron chi connectivity index (χ4n) is 0.806. The number of hydrogen-bond donors (Lipinski definition) is 2. The highest BCUT2D eigenvalue weighted by Gasteiger charge is 2.34. The number of nitrogens with one attached hydrogen (secondary N) is 1. The summed E-state index contributed by atoms with van der Waals surface area (Å²) in [5, 5.41) is 11.5. The molecule has 0 spiro atoms. The van der Waals surface area contributed by atoms with Crippen LogP contribution >= 0.6 is 0 Å². The molecule has 0 aromatic rings. The van der Waals surface area contributed by atoms with Gasteiger partial charge in [0.2, 0.25) is 0 Å². The summed E-state index contributed by atoms with van der Waals surface area (Å²) in [6.07, 6.45) is -1.53. The molecule has 2 atom stereocenters. The fraction of sp³-hybridized carbons (Fsp3) is 0.500. The van der Waals surface area contributed by atoms with E-state index in [1.165, 1.54) is 7.11 Å². The van der Waals surface area contributed by atoms with E-state index >= 15 is 0 Å². The van der Waals surface area contributed by atoms with Crippen LogP contribution in [0.25, 0.3) is 0 Å². The van der Waals surface area contributed by atoms with Gasteiger partial charge in [-0.05, 0) is 0 Å². The van der Waals surface area contributed by atoms with E-state index < -0.39 is 12.3 Å². The van der Waals surface area contributed by atoms with Gasteiger partial charge in [-0.25, -0.2) is 0 Å². The zero-order valence-corrected chi connectivity index (χ0v) is 5.63. The normalized spacial score (nSPS) is 32.6. The molecule has 0 saturated carbocycles. The molecule has 0 radical (unpaired) electrons. The monoisotopic (exact) mass is 143 g/mol. The second-order valence-corrected chi connectivity index (χ2v) is 2.10. The van der Waals surface area contributed by atoms with Crippen LogP contribution in [0.5, 0.6) is 0 Å². The molecule has 4 nitrogen and oxygen atoms in total. The van der Waals surface area contributed by atoms with Gasteiger partial charge in [0.15, 0.2) is 6.23 Å². The summed E-state index contributed by atoms with van der Waals surface area (Å²) < 4.78 is 4.72. The zero-order chi connectivity index (χ0) is 7.72. The number of aliphatic hydroxyl groups is 1. The summed E-state index contributed by atoms with van der Waals surface area (Å²) in [5.74, 6) is -0.348. The predicted molar refractivity (Wildman–Crippen MR) is 34.1 cm³/mol. The van der Waals surface area contributed by atoms with E-state index in [9.17, 15) is 4.79 Å². The largest absolute Gasteiger partial charge is 0.383 e. The Kier molecular flexibility index (Phi) is 1.74. The van der Waals surface area contributed by atoms with Crippen molar-refractivity contribution < 1.29 is 14.6 Å². The van der Waals surface area contributed by atoms with E-state index in [1.807, 2.05) is 0 Å². The maximum absolute atomic E-state index is 10.7. The standard InChI is InChI=1S/C6H9NO3/c1-3-4(8)6(10-2)7-5(3)9/h4,6,8H,1H2,2H3,(H,7,9). The average molecular weight is 143 g/mol. The molecule has 10 heavy (non-hydrogen) atoms. The van der Waals surface area contributed by atoms with Crippen molar-refractivity contribution in [3.8, 4) is 0 Å². The first-order valence-electron chi connectivity index (χ1n) is 2.87. The predicted octanol–water partition coefficient (Wildman–Crippen LogP) is -0.994. The third-order valence-electron chi connectivity index (χ3n) is 1.46. The smallest absolute Gasteiger partial charge is 0.251 e. The summed E-state index contributed by atoms with van der Waals surface area (Å²) >= 11 is 0. The summed E-state index contributed by atoms with van der Waals surface area (Å²) in [7, 11) is 1.41. The van der Waals surface area contributed by atoms with E-state index in [-0.39, 0.29) is 11.5 Å². The molecule has 2 N–H and O–H groups in total. The maximum Gasteiger partial charge on any atom is 0.251 e. The number of carbonyl (C=O) groups excluding carboxylic acids is 1. The van der Waals surface area contributed by atoms with E-state index in [0.29, 0.717) is 0 Å². The van der Waals surface area contributed by atoms with E-state index in [0.717, 1.165) is 0 Å². The van der Waals surface area contributed by atoms with Gasteiger partial charge in [-0.15, -0.1) is 0 Å². The van der Waals surface area contributed by atoms with Gasteiger partial charge in [-0.1, -0.05) is 6.58 Å². The van der Waals surface area contributed by atoms with Crippen LogP contribution in [0.15, 0.2) is 12.2 Å². The molecule has 2 unspecified atom stereocenters. The molecule has 0 aliphatic carbocycles. The van der Waals surface area contributed by atoms with E-state index in [2.05, 4.69) is 11.9 Å². The number of ether oxygens (including phenoxy) is 1. The summed E-state index contributed by atoms with van der Waals surface area (Å²) in [6, 6.07) is 0. The third kappa shape index (κ3) is 0.913. The van der Waals surface area contributed by atoms with Crippen LogP contribution in [0.1, 0.15) is 0 Å². The third-order valence-corrected chi connectivity index (χ3v) is 1.46. The molecule has 1 heterocycles. The first-order chi connectivity index (χ1) is 4.66. The Morgan fingerprint density at radius 2 is 2.40 bits per heavy atom. The number of methoxy groups -OCH3 is 1. The quantitative estimate of drug-likeness (QED) is 0.463. The van der Waals surface area contributed by atoms with Crippen LogP contribution in [0.2, 0.25) is 0 Å². The van der Waals surface area contributed by atoms with Crippen molar-refractivity contribution in [2.75, 3.05) is 7.11 Å². The zero-order valence-electron chi connectivity index (χ0n) is 5.63. The molecule has 1 amide bonds. The van der Waals surface area contributed by atoms with Crippen LogP contribution < -0.4 is 5.32 Å². The van der Waals surface area contributed by atoms with Gasteiger partial charge in [-0.2, -0.15) is 0 Å². The van der Waals surface area contributed by atoms with Crippen LogP contribution in [-0.2, 0) is 9.53 Å². The SMILES string of the molecule is C=C1C(=O)NC(OC)C1O. The van der Waals surface area contributed by atoms with E-state index in [1.54, 1.807) is 0 Å². The molecule has 0 aromatic carbocycles. The highest BCUT2D eigenvalue weighted by molar-refractivity contribution is 5.96. The van der Waals surface area contributed by atoms with Gasteiger partial charge in [-0.3, -0.25) is 4.79 Å². The number of rotatable bonds is 1. The summed E-state index contributed by atoms with van der Waals surface area (Å²) in [5.41, 5.74) is 0.159. The van der Waals surface area contributed by atoms with Crippen molar-refractivity contribution >= 4 is 5.91 Å². The van der Waals surface area contributed by atoms with Crippen molar-refractivity contribution in [2.24, 2.45) is 0 Å². The van der Waals surface area contributed by atoms with Crippen molar-refractivity contribution in [3.05, 3.63) is 12.2 Å². The molecular weight excluding hydrogens is 134 g/mol. The first kappa shape index (κ1) is 7.24. The Morgan fingerprint density at radius 3 is 2.60 bits per heavy atom. The molecule has 1 rings (SSSR count). The number of hydrogen-bond acceptors (Lipinski definition) is 3. The van der Waals surface area contributed by atoms with Crippen LogP contribution in [0.3, 0.4) is 0 Å². The topological polar surface area (TPSA) is 58.6 Å². The molecule has 0 bridgehead atoms. The lowest BCUT2D eigenvalue weighted by molar-refractivity contribution is -0.118. The van der Waals surface area contributed by atoms with Gasteiger partial charge < -0.3 is 15.2 Å². The molecular formula is C6H9NO3. The van der Waals surface area contributed by atoms with E-state index in [4.69, 9.17) is 9.84 Å². The fourth-order valence-corrected chi connectivity index (χ4v) is 0.806.